The van der Waals surface area contributed by atoms with Gasteiger partial charge < -0.3 is 21.3 Å². The normalized spacial score (nSPS) is 17.8. The predicted octanol–water partition coefficient (Wildman–Crippen LogP) is 1.16. The van der Waals surface area contributed by atoms with Crippen LogP contribution in [0, 0.1) is 0 Å². The van der Waals surface area contributed by atoms with Crippen LogP contribution in [0.3, 0.4) is 0 Å². The maximum atomic E-state index is 12.3. The first-order valence-electron chi connectivity index (χ1n) is 10.7. The van der Waals surface area contributed by atoms with Crippen molar-refractivity contribution < 1.29 is 19.2 Å². The summed E-state index contributed by atoms with van der Waals surface area (Å²) in [6, 6.07) is 17.5. The molecule has 8 heteroatoms. The molecule has 1 fully saturated rings. The van der Waals surface area contributed by atoms with Crippen LogP contribution in [0.5, 0.6) is 0 Å². The van der Waals surface area contributed by atoms with Crippen LogP contribution in [0.2, 0.25) is 0 Å². The van der Waals surface area contributed by atoms with Crippen LogP contribution in [0.15, 0.2) is 60.7 Å². The summed E-state index contributed by atoms with van der Waals surface area (Å²) in [5.41, 5.74) is 1.97. The molecular formula is C24H28N4O4. The van der Waals surface area contributed by atoms with Gasteiger partial charge in [-0.3, -0.25) is 19.2 Å². The topological polar surface area (TPSA) is 116 Å². The van der Waals surface area contributed by atoms with Crippen molar-refractivity contribution in [1.82, 2.24) is 21.3 Å². The molecule has 8 nitrogen and oxygen atoms in total. The molecule has 0 aliphatic carbocycles. The summed E-state index contributed by atoms with van der Waals surface area (Å²) in [7, 11) is 0. The van der Waals surface area contributed by atoms with Gasteiger partial charge in [0, 0.05) is 25.9 Å². The monoisotopic (exact) mass is 436 g/mol. The van der Waals surface area contributed by atoms with E-state index in [4.69, 9.17) is 0 Å². The Bertz CT molecular complexity index is 856. The van der Waals surface area contributed by atoms with Crippen molar-refractivity contribution in [2.24, 2.45) is 0 Å². The SMILES string of the molecule is O=C(CC[C@@H]1NC(=O)[C@H](CCC(=O)NCc2ccccc2)NC1=O)NCc1ccccc1. The molecule has 1 saturated heterocycles. The van der Waals surface area contributed by atoms with E-state index in [2.05, 4.69) is 21.3 Å². The zero-order chi connectivity index (χ0) is 22.8. The lowest BCUT2D eigenvalue weighted by molar-refractivity contribution is -0.137. The van der Waals surface area contributed by atoms with Gasteiger partial charge in [-0.05, 0) is 24.0 Å². The van der Waals surface area contributed by atoms with Crippen molar-refractivity contribution in [3.05, 3.63) is 71.8 Å². The van der Waals surface area contributed by atoms with E-state index in [-0.39, 0.29) is 49.3 Å². The van der Waals surface area contributed by atoms with E-state index in [0.717, 1.165) is 11.1 Å². The predicted molar refractivity (Wildman–Crippen MR) is 119 cm³/mol. The van der Waals surface area contributed by atoms with Gasteiger partial charge in [0.05, 0.1) is 0 Å². The van der Waals surface area contributed by atoms with Crippen LogP contribution in [0.4, 0.5) is 0 Å². The molecule has 1 aliphatic rings. The Balaban J connectivity index is 1.35. The molecule has 32 heavy (non-hydrogen) atoms. The van der Waals surface area contributed by atoms with Gasteiger partial charge in [0.2, 0.25) is 23.6 Å². The van der Waals surface area contributed by atoms with Crippen LogP contribution in [0.1, 0.15) is 36.8 Å². The highest BCUT2D eigenvalue weighted by Crippen LogP contribution is 2.09. The molecule has 0 aromatic heterocycles. The zero-order valence-corrected chi connectivity index (χ0v) is 17.8. The molecule has 0 radical (unpaired) electrons. The number of nitrogens with one attached hydrogen (secondary N) is 4. The molecule has 2 aromatic rings. The van der Waals surface area contributed by atoms with E-state index >= 15 is 0 Å². The lowest BCUT2D eigenvalue weighted by Crippen LogP contribution is -2.61. The molecule has 0 unspecified atom stereocenters. The third-order valence-electron chi connectivity index (χ3n) is 5.25. The Morgan fingerprint density at radius 3 is 1.41 bits per heavy atom. The molecule has 0 spiro atoms. The number of amides is 4. The van der Waals surface area contributed by atoms with E-state index in [0.29, 0.717) is 13.1 Å². The van der Waals surface area contributed by atoms with Crippen LogP contribution < -0.4 is 21.3 Å². The highest BCUT2D eigenvalue weighted by atomic mass is 16.2. The largest absolute Gasteiger partial charge is 0.352 e. The number of piperazine rings is 1. The van der Waals surface area contributed by atoms with Crippen molar-refractivity contribution >= 4 is 23.6 Å². The van der Waals surface area contributed by atoms with Gasteiger partial charge in [-0.25, -0.2) is 0 Å². The molecule has 4 N–H and O–H groups in total. The van der Waals surface area contributed by atoms with E-state index in [9.17, 15) is 19.2 Å². The molecule has 1 heterocycles. The third kappa shape index (κ3) is 7.23. The average Bonchev–Trinajstić information content (AvgIpc) is 2.82. The fourth-order valence-corrected chi connectivity index (χ4v) is 3.40. The van der Waals surface area contributed by atoms with Crippen molar-refractivity contribution in [3.8, 4) is 0 Å². The molecular weight excluding hydrogens is 408 g/mol. The number of hydrogen-bond acceptors (Lipinski definition) is 4. The summed E-state index contributed by atoms with van der Waals surface area (Å²) >= 11 is 0. The fourth-order valence-electron chi connectivity index (χ4n) is 3.40. The molecule has 4 amide bonds. The number of rotatable bonds is 10. The van der Waals surface area contributed by atoms with Gasteiger partial charge in [-0.2, -0.15) is 0 Å². The summed E-state index contributed by atoms with van der Waals surface area (Å²) in [6.07, 6.45) is 0.667. The van der Waals surface area contributed by atoms with Crippen molar-refractivity contribution in [1.29, 1.82) is 0 Å². The fraction of sp³-hybridized carbons (Fsp3) is 0.333. The van der Waals surface area contributed by atoms with Gasteiger partial charge >= 0.3 is 0 Å². The van der Waals surface area contributed by atoms with Crippen LogP contribution in [-0.4, -0.2) is 35.7 Å². The third-order valence-corrected chi connectivity index (χ3v) is 5.25. The van der Waals surface area contributed by atoms with Gasteiger partial charge in [0.1, 0.15) is 12.1 Å². The number of benzene rings is 2. The number of hydrogen-bond donors (Lipinski definition) is 4. The minimum absolute atomic E-state index is 0.123. The quantitative estimate of drug-likeness (QED) is 0.447. The van der Waals surface area contributed by atoms with E-state index < -0.39 is 12.1 Å². The second-order valence-electron chi connectivity index (χ2n) is 7.72. The summed E-state index contributed by atoms with van der Waals surface area (Å²) in [6.45, 7) is 0.828. The number of carbonyl (C=O) groups is 4. The second kappa shape index (κ2) is 11.6. The molecule has 3 rings (SSSR count). The van der Waals surface area contributed by atoms with Gasteiger partial charge in [0.25, 0.3) is 0 Å². The minimum atomic E-state index is -0.756. The summed E-state index contributed by atoms with van der Waals surface area (Å²) in [5.74, 6) is -1.05. The van der Waals surface area contributed by atoms with Crippen molar-refractivity contribution in [2.45, 2.75) is 50.9 Å². The molecule has 2 atom stereocenters. The molecule has 0 bridgehead atoms. The summed E-state index contributed by atoms with van der Waals surface area (Å²) in [4.78, 5) is 48.8. The first-order chi connectivity index (χ1) is 15.5. The van der Waals surface area contributed by atoms with Crippen molar-refractivity contribution in [3.63, 3.8) is 0 Å². The van der Waals surface area contributed by atoms with Crippen LogP contribution >= 0.6 is 0 Å². The maximum absolute atomic E-state index is 12.3. The van der Waals surface area contributed by atoms with E-state index in [1.807, 2.05) is 60.7 Å². The number of carbonyl (C=O) groups excluding carboxylic acids is 4. The van der Waals surface area contributed by atoms with Gasteiger partial charge in [-0.15, -0.1) is 0 Å². The maximum Gasteiger partial charge on any atom is 0.243 e. The first-order valence-corrected chi connectivity index (χ1v) is 10.7. The van der Waals surface area contributed by atoms with Crippen molar-refractivity contribution in [2.75, 3.05) is 0 Å². The summed E-state index contributed by atoms with van der Waals surface area (Å²) < 4.78 is 0. The Morgan fingerprint density at radius 1 is 0.656 bits per heavy atom. The molecule has 168 valence electrons. The van der Waals surface area contributed by atoms with Gasteiger partial charge in [-0.1, -0.05) is 60.7 Å². The smallest absolute Gasteiger partial charge is 0.243 e. The first kappa shape index (κ1) is 23.0. The van der Waals surface area contributed by atoms with E-state index in [1.165, 1.54) is 0 Å². The Labute approximate surface area is 187 Å². The van der Waals surface area contributed by atoms with Crippen LogP contribution in [0.25, 0.3) is 0 Å². The lowest BCUT2D eigenvalue weighted by Gasteiger charge is -2.29. The molecule has 1 aliphatic heterocycles. The van der Waals surface area contributed by atoms with E-state index in [1.54, 1.807) is 0 Å². The summed E-state index contributed by atoms with van der Waals surface area (Å²) in [5, 5.41) is 10.9. The Hall–Kier alpha value is -3.68. The average molecular weight is 437 g/mol. The minimum Gasteiger partial charge on any atom is -0.352 e. The second-order valence-corrected chi connectivity index (χ2v) is 7.72. The van der Waals surface area contributed by atoms with Crippen LogP contribution in [-0.2, 0) is 32.3 Å². The van der Waals surface area contributed by atoms with Gasteiger partial charge in [0.15, 0.2) is 0 Å². The Kier molecular flexibility index (Phi) is 8.36. The molecule has 2 aromatic carbocycles. The Morgan fingerprint density at radius 2 is 1.03 bits per heavy atom. The highest BCUT2D eigenvalue weighted by molar-refractivity contribution is 5.97. The highest BCUT2D eigenvalue weighted by Gasteiger charge is 2.33. The zero-order valence-electron chi connectivity index (χ0n) is 17.8. The standard InChI is InChI=1S/C24H28N4O4/c29-21(25-15-17-7-3-1-4-8-17)13-11-19-23(31)28-20(24(32)27-19)12-14-22(30)26-16-18-9-5-2-6-10-18/h1-10,19-20H,11-16H2,(H,25,29)(H,26,30)(H,27,32)(H,28,31)/t19-,20-/m0/s1. The molecule has 0 saturated carbocycles. The lowest BCUT2D eigenvalue weighted by atomic mass is 10.0.